The predicted octanol–water partition coefficient (Wildman–Crippen LogP) is 1.27. The van der Waals surface area contributed by atoms with Gasteiger partial charge in [0, 0.05) is 120 Å². The molecule has 4 aliphatic heterocycles. The summed E-state index contributed by atoms with van der Waals surface area (Å²) >= 11 is 4.27. The van der Waals surface area contributed by atoms with E-state index in [0.717, 1.165) is 29.5 Å². The van der Waals surface area contributed by atoms with Gasteiger partial charge in [-0.15, -0.1) is 0 Å². The molecule has 0 radical (unpaired) electrons. The first-order valence-corrected chi connectivity index (χ1v) is 40.9. The van der Waals surface area contributed by atoms with E-state index < -0.39 is 138 Å². The van der Waals surface area contributed by atoms with Crippen LogP contribution in [0.1, 0.15) is 132 Å². The largest absolute Gasteiger partial charge is 0.481 e. The van der Waals surface area contributed by atoms with Crippen LogP contribution in [0.2, 0.25) is 0 Å². The van der Waals surface area contributed by atoms with Crippen LogP contribution in [0.15, 0.2) is 48.5 Å². The van der Waals surface area contributed by atoms with Gasteiger partial charge in [0.1, 0.15) is 42.9 Å². The highest BCUT2D eigenvalue weighted by molar-refractivity contribution is 7.99. The Morgan fingerprint density at radius 3 is 1.91 bits per heavy atom. The zero-order valence-corrected chi connectivity index (χ0v) is 64.7. The van der Waals surface area contributed by atoms with Crippen LogP contribution in [0.25, 0.3) is 0 Å². The molecular weight excluding hydrogens is 1480 g/mol. The molecule has 3 saturated heterocycles. The summed E-state index contributed by atoms with van der Waals surface area (Å²) < 4.78 is 11.2. The third-order valence-electron chi connectivity index (χ3n) is 19.2. The number of fused-ring (bicyclic) bond motifs is 4. The van der Waals surface area contributed by atoms with Gasteiger partial charge in [-0.25, -0.2) is 0 Å². The predicted molar refractivity (Wildman–Crippen MR) is 407 cm³/mol. The van der Waals surface area contributed by atoms with Crippen molar-refractivity contribution in [3.05, 3.63) is 70.8 Å². The van der Waals surface area contributed by atoms with Gasteiger partial charge in [0.2, 0.25) is 47.3 Å². The third-order valence-corrected chi connectivity index (χ3v) is 22.6. The number of ketones is 2. The lowest BCUT2D eigenvalue weighted by atomic mass is 9.95. The molecule has 2 aromatic rings. The molecular formula is C74H109N11O21S3. The van der Waals surface area contributed by atoms with Crippen LogP contribution in [-0.4, -0.2) is 297 Å². The van der Waals surface area contributed by atoms with Crippen molar-refractivity contribution >= 4 is 118 Å². The summed E-state index contributed by atoms with van der Waals surface area (Å²) in [4.78, 5) is 195. The summed E-state index contributed by atoms with van der Waals surface area (Å²) in [5.41, 5.74) is 8.72. The number of thioether (sulfide) groups is 3. The Bertz CT molecular complexity index is 3370. The van der Waals surface area contributed by atoms with E-state index in [1.807, 2.05) is 25.1 Å². The van der Waals surface area contributed by atoms with Gasteiger partial charge in [-0.3, -0.25) is 81.8 Å². The van der Waals surface area contributed by atoms with E-state index in [2.05, 4.69) is 26.6 Å². The molecule has 8 amide bonds. The number of benzene rings is 2. The Hall–Kier alpha value is -7.77. The van der Waals surface area contributed by atoms with Crippen molar-refractivity contribution in [2.24, 2.45) is 11.7 Å². The number of nitrogens with two attached hydrogens (primary N) is 1. The molecule has 2 aromatic carbocycles. The molecule has 0 aromatic heterocycles. The van der Waals surface area contributed by atoms with Gasteiger partial charge in [-0.1, -0.05) is 68.3 Å². The number of Topliss-reactive ketones (excluding diaryl/α,β-unsaturated/α-hetero) is 2. The minimum Gasteiger partial charge on any atom is -0.481 e. The molecule has 0 spiro atoms. The van der Waals surface area contributed by atoms with Crippen LogP contribution in [-0.2, 0) is 100 Å². The quantitative estimate of drug-likeness (QED) is 0.0433. The Labute approximate surface area is 648 Å². The molecule has 32 nitrogen and oxygen atoms in total. The summed E-state index contributed by atoms with van der Waals surface area (Å²) in [6.07, 6.45) is 1.35. The number of nitrogens with one attached hydrogen (secondary N) is 5. The van der Waals surface area contributed by atoms with Crippen molar-refractivity contribution in [3.8, 4) is 0 Å². The Kier molecular flexibility index (Phi) is 39.8. The second kappa shape index (κ2) is 48.1. The Balaban J connectivity index is 1.10. The number of carboxylic acid groups (broad SMARTS) is 4. The Morgan fingerprint density at radius 1 is 0.661 bits per heavy atom. The molecule has 3 fully saturated rings. The maximum absolute atomic E-state index is 14.9. The number of carbonyl (C=O) groups excluding carboxylic acids is 10. The summed E-state index contributed by atoms with van der Waals surface area (Å²) in [5, 5.41) is 64.0. The number of ether oxygens (including phenoxy) is 2. The third kappa shape index (κ3) is 32.2. The number of hydrogen-bond donors (Lipinski definition) is 11. The number of primary amides is 1. The van der Waals surface area contributed by atoms with E-state index in [9.17, 15) is 92.7 Å². The molecule has 12 N–H and O–H groups in total. The van der Waals surface area contributed by atoms with Gasteiger partial charge in [0.25, 0.3) is 0 Å². The SMILES string of the molecule is CCCCCC(=O)N[C@H]1CSCc2cc(CSCCCC(=O)COCCOCCNC(=O)CC[C@H](C(=O)O)N3CCN(CC(=O)O)CCN(CC(=O)O)CC3)cc(c2)CSC[C@@H](C(=O)O)CC(=O)[C@H](Cc2ccccc2)NC(=O)[C@H](CCC(N)=O)NC(=O)[C@H]([C@@H](C)O)NC(=O)[C@@H]2CCCN2C(=O)[C@@H]2CCCN2C1=O. The monoisotopic (exact) mass is 1580 g/mol. The zero-order valence-electron chi connectivity index (χ0n) is 62.3. The Morgan fingerprint density at radius 2 is 1.28 bits per heavy atom. The number of amides is 8. The average molecular weight is 1580 g/mol. The maximum atomic E-state index is 14.9. The lowest BCUT2D eigenvalue weighted by molar-refractivity contribution is -0.148. The molecule has 0 unspecified atom stereocenters. The van der Waals surface area contributed by atoms with Crippen molar-refractivity contribution in [3.63, 3.8) is 0 Å². The molecule has 35 heteroatoms. The van der Waals surface area contributed by atoms with E-state index in [4.69, 9.17) is 15.2 Å². The van der Waals surface area contributed by atoms with Gasteiger partial charge in [-0.2, -0.15) is 35.3 Å². The van der Waals surface area contributed by atoms with E-state index in [1.54, 1.807) is 56.8 Å². The molecule has 0 saturated carbocycles. The minimum absolute atomic E-state index is 0.0334. The first-order chi connectivity index (χ1) is 52.2. The molecule has 2 bridgehead atoms. The fourth-order valence-corrected chi connectivity index (χ4v) is 16.3. The lowest BCUT2D eigenvalue weighted by Gasteiger charge is -2.33. The lowest BCUT2D eigenvalue weighted by Crippen LogP contribution is -2.61. The van der Waals surface area contributed by atoms with Crippen LogP contribution < -0.4 is 32.3 Å². The molecule has 4 aliphatic rings. The average Bonchev–Trinajstić information content (AvgIpc) is 1.67. The van der Waals surface area contributed by atoms with E-state index >= 15 is 0 Å². The second-order valence-corrected chi connectivity index (χ2v) is 31.0. The van der Waals surface area contributed by atoms with Gasteiger partial charge in [-0.05, 0) is 92.7 Å². The van der Waals surface area contributed by atoms with E-state index in [0.29, 0.717) is 54.3 Å². The molecule has 0 aliphatic carbocycles. The maximum Gasteiger partial charge on any atom is 0.320 e. The first-order valence-electron chi connectivity index (χ1n) is 37.4. The molecule has 109 heavy (non-hydrogen) atoms. The highest BCUT2D eigenvalue weighted by Gasteiger charge is 2.45. The van der Waals surface area contributed by atoms with Crippen molar-refractivity contribution in [1.82, 2.24) is 51.1 Å². The zero-order chi connectivity index (χ0) is 79.4. The standard InChI is InChI=1S/C74H109N11O21S3/c1-3-4-6-17-64(91)77-57-47-109-45-52-36-50(43-107-34-11-14-54(87)42-106-33-32-105-31-22-76-63(90)21-19-60(74(103)104)83-29-27-81(40-65(92)93)25-26-82(28-30-83)41-66(94)95)35-51(37-52)44-108-46-53(73(101)102)39-61(88)56(38-49-12-7-5-8-13-49)79-68(96)55(18-20-62(75)89)78-70(98)67(48(2)86)80-69(97)58-15-9-23-84(58)72(100)59-16-10-24-85(59)71(57)99/h5,7-8,12-13,35-37,48,53,55-60,67,86H,3-4,6,9-11,14-34,38-47H2,1-2H3,(H2,75,89)(H,76,90)(H,77,91)(H,78,98)(H,79,96)(H,80,97)(H,92,93)(H,94,95)(H,101,102)(H,103,104)/t48-,53+,55+,56+,57+,58+,59+,60-,67+/m1/s1. The number of carbonyl (C=O) groups is 14. The smallest absolute Gasteiger partial charge is 0.320 e. The van der Waals surface area contributed by atoms with E-state index in [-0.39, 0.29) is 173 Å². The van der Waals surface area contributed by atoms with E-state index in [1.165, 1.54) is 40.2 Å². The van der Waals surface area contributed by atoms with Crippen LogP contribution in [0.5, 0.6) is 0 Å². The highest BCUT2D eigenvalue weighted by atomic mass is 32.2. The fourth-order valence-electron chi connectivity index (χ4n) is 13.4. The number of unbranched alkanes of at least 4 members (excludes halogenated alkanes) is 2. The minimum atomic E-state index is -1.70. The van der Waals surface area contributed by atoms with Crippen LogP contribution >= 0.6 is 35.3 Å². The number of rotatable bonds is 35. The summed E-state index contributed by atoms with van der Waals surface area (Å²) in [5.74, 6) is -9.99. The normalized spacial score (nSPS) is 22.4. The van der Waals surface area contributed by atoms with Gasteiger partial charge >= 0.3 is 23.9 Å². The highest BCUT2D eigenvalue weighted by Crippen LogP contribution is 2.29. The van der Waals surface area contributed by atoms with Crippen LogP contribution in [0, 0.1) is 5.92 Å². The number of hydrogen-bond acceptors (Lipinski definition) is 23. The second-order valence-electron chi connectivity index (χ2n) is 27.9. The summed E-state index contributed by atoms with van der Waals surface area (Å²) in [6.45, 7) is 4.74. The van der Waals surface area contributed by atoms with Gasteiger partial charge < -0.3 is 77.1 Å². The number of aliphatic hydroxyl groups is 1. The first kappa shape index (κ1) is 90.1. The van der Waals surface area contributed by atoms with Gasteiger partial charge in [0.15, 0.2) is 11.6 Å². The number of aliphatic hydroxyl groups excluding tert-OH is 1. The van der Waals surface area contributed by atoms with Crippen molar-refractivity contribution in [2.45, 2.75) is 182 Å². The van der Waals surface area contributed by atoms with Crippen molar-refractivity contribution in [1.29, 1.82) is 0 Å². The number of carboxylic acids is 4. The summed E-state index contributed by atoms with van der Waals surface area (Å²) in [6, 6.07) is 5.77. The van der Waals surface area contributed by atoms with Crippen molar-refractivity contribution < 1.29 is 102 Å². The molecule has 6 rings (SSSR count). The number of nitrogens with zero attached hydrogens (tertiary/aromatic N) is 5. The summed E-state index contributed by atoms with van der Waals surface area (Å²) in [7, 11) is 0. The number of aliphatic carboxylic acids is 4. The fraction of sp³-hybridized carbons (Fsp3) is 0.649. The molecule has 604 valence electrons. The van der Waals surface area contributed by atoms with Gasteiger partial charge in [0.05, 0.1) is 51.0 Å². The van der Waals surface area contributed by atoms with Crippen molar-refractivity contribution in [2.75, 3.05) is 116 Å². The van der Waals surface area contributed by atoms with Crippen LogP contribution in [0.3, 0.4) is 0 Å². The topological polar surface area (TPSA) is 461 Å². The van der Waals surface area contributed by atoms with Crippen LogP contribution in [0.4, 0.5) is 0 Å². The molecule has 4 heterocycles. The molecule has 9 atom stereocenters.